The number of carbonyl (C=O) groups is 1. The van der Waals surface area contributed by atoms with Gasteiger partial charge in [0.15, 0.2) is 0 Å². The highest BCUT2D eigenvalue weighted by Gasteiger charge is 2.25. The molecular formula is C13H6Br2F3NO4S. The molecule has 0 saturated carbocycles. The fourth-order valence-electron chi connectivity index (χ4n) is 1.77. The molecule has 11 heteroatoms. The van der Waals surface area contributed by atoms with Crippen molar-refractivity contribution in [2.75, 3.05) is 4.72 Å². The van der Waals surface area contributed by atoms with Gasteiger partial charge in [0.1, 0.15) is 22.3 Å². The molecule has 0 heterocycles. The van der Waals surface area contributed by atoms with E-state index in [9.17, 15) is 26.4 Å². The Balaban J connectivity index is 2.55. The van der Waals surface area contributed by atoms with E-state index in [2.05, 4.69) is 31.9 Å². The molecule has 2 aromatic carbocycles. The number of hydrogen-bond donors (Lipinski definition) is 2. The lowest BCUT2D eigenvalue weighted by Crippen LogP contribution is -2.16. The Morgan fingerprint density at radius 1 is 1.00 bits per heavy atom. The number of aromatic carboxylic acids is 1. The van der Waals surface area contributed by atoms with Crippen molar-refractivity contribution < 1.29 is 31.5 Å². The number of benzene rings is 2. The molecule has 0 bridgehead atoms. The second-order valence-corrected chi connectivity index (χ2v) is 7.75. The van der Waals surface area contributed by atoms with Crippen molar-refractivity contribution in [3.05, 3.63) is 56.2 Å². The Hall–Kier alpha value is -1.59. The first-order valence-corrected chi connectivity index (χ1v) is 8.99. The van der Waals surface area contributed by atoms with Crippen LogP contribution in [-0.4, -0.2) is 19.5 Å². The number of anilines is 1. The summed E-state index contributed by atoms with van der Waals surface area (Å²) in [6.07, 6.45) is 0. The van der Waals surface area contributed by atoms with Crippen LogP contribution in [0.4, 0.5) is 18.9 Å². The largest absolute Gasteiger partial charge is 0.478 e. The van der Waals surface area contributed by atoms with Crippen LogP contribution >= 0.6 is 31.9 Å². The van der Waals surface area contributed by atoms with Crippen LogP contribution < -0.4 is 4.72 Å². The molecule has 2 aromatic rings. The van der Waals surface area contributed by atoms with Gasteiger partial charge in [-0.25, -0.2) is 26.4 Å². The van der Waals surface area contributed by atoms with Crippen LogP contribution in [0.1, 0.15) is 10.4 Å². The molecule has 2 rings (SSSR count). The van der Waals surface area contributed by atoms with Gasteiger partial charge in [-0.3, -0.25) is 4.72 Å². The fraction of sp³-hybridized carbons (Fsp3) is 0. The molecule has 0 aliphatic carbocycles. The lowest BCUT2D eigenvalue weighted by molar-refractivity contribution is 0.0692. The van der Waals surface area contributed by atoms with Gasteiger partial charge in [-0.15, -0.1) is 0 Å². The SMILES string of the molecule is O=C(O)c1cc(NS(=O)(=O)c2c(Br)cc(F)cc2Br)c(F)cc1F. The van der Waals surface area contributed by atoms with Crippen molar-refractivity contribution in [3.8, 4) is 0 Å². The molecule has 0 saturated heterocycles. The number of sulfonamides is 1. The van der Waals surface area contributed by atoms with E-state index in [1.54, 1.807) is 0 Å². The first-order chi connectivity index (χ1) is 11.0. The second kappa shape index (κ2) is 6.73. The summed E-state index contributed by atoms with van der Waals surface area (Å²) in [4.78, 5) is 10.4. The molecule has 0 spiro atoms. The van der Waals surface area contributed by atoms with Crippen LogP contribution in [0.15, 0.2) is 38.1 Å². The third-order valence-electron chi connectivity index (χ3n) is 2.76. The van der Waals surface area contributed by atoms with Gasteiger partial charge in [0, 0.05) is 15.0 Å². The summed E-state index contributed by atoms with van der Waals surface area (Å²) in [5.41, 5.74) is -1.68. The highest BCUT2D eigenvalue weighted by molar-refractivity contribution is 9.11. The normalized spacial score (nSPS) is 11.4. The van der Waals surface area contributed by atoms with Gasteiger partial charge in [-0.05, 0) is 50.1 Å². The van der Waals surface area contributed by atoms with E-state index in [1.165, 1.54) is 0 Å². The predicted octanol–water partition coefficient (Wildman–Crippen LogP) is 4.13. The summed E-state index contributed by atoms with van der Waals surface area (Å²) >= 11 is 5.76. The molecule has 128 valence electrons. The zero-order valence-electron chi connectivity index (χ0n) is 11.3. The standard InChI is InChI=1S/C13H6Br2F3NO4S/c14-7-1-5(16)2-8(15)12(7)24(22,23)19-11-3-6(13(20)21)9(17)4-10(11)18/h1-4,19H,(H,20,21). The Labute approximate surface area is 150 Å². The quantitative estimate of drug-likeness (QED) is 0.677. The summed E-state index contributed by atoms with van der Waals surface area (Å²) in [5, 5.41) is 8.82. The van der Waals surface area contributed by atoms with Gasteiger partial charge in [0.2, 0.25) is 0 Å². The Morgan fingerprint density at radius 2 is 1.54 bits per heavy atom. The van der Waals surface area contributed by atoms with Crippen LogP contribution in [0.3, 0.4) is 0 Å². The van der Waals surface area contributed by atoms with E-state index in [1.807, 2.05) is 4.72 Å². The maximum Gasteiger partial charge on any atom is 0.338 e. The number of hydrogen-bond acceptors (Lipinski definition) is 3. The van der Waals surface area contributed by atoms with E-state index < -0.39 is 49.6 Å². The summed E-state index contributed by atoms with van der Waals surface area (Å²) in [5.74, 6) is -5.09. The van der Waals surface area contributed by atoms with Crippen molar-refractivity contribution in [3.63, 3.8) is 0 Å². The van der Waals surface area contributed by atoms with Gasteiger partial charge < -0.3 is 5.11 Å². The van der Waals surface area contributed by atoms with Crippen LogP contribution in [0.2, 0.25) is 0 Å². The van der Waals surface area contributed by atoms with E-state index in [0.29, 0.717) is 6.07 Å². The molecule has 0 aromatic heterocycles. The molecule has 0 fully saturated rings. The molecule has 2 N–H and O–H groups in total. The van der Waals surface area contributed by atoms with Crippen LogP contribution in [-0.2, 0) is 10.0 Å². The monoisotopic (exact) mass is 487 g/mol. The molecule has 5 nitrogen and oxygen atoms in total. The lowest BCUT2D eigenvalue weighted by Gasteiger charge is -2.13. The van der Waals surface area contributed by atoms with Gasteiger partial charge in [-0.1, -0.05) is 0 Å². The Morgan fingerprint density at radius 3 is 2.04 bits per heavy atom. The summed E-state index contributed by atoms with van der Waals surface area (Å²) in [6.45, 7) is 0. The van der Waals surface area contributed by atoms with Crippen molar-refractivity contribution in [2.24, 2.45) is 0 Å². The highest BCUT2D eigenvalue weighted by atomic mass is 79.9. The number of rotatable bonds is 4. The molecule has 0 aliphatic heterocycles. The van der Waals surface area contributed by atoms with Crippen LogP contribution in [0, 0.1) is 17.5 Å². The van der Waals surface area contributed by atoms with E-state index in [4.69, 9.17) is 5.11 Å². The third kappa shape index (κ3) is 3.73. The molecule has 0 amide bonds. The molecular weight excluding hydrogens is 483 g/mol. The summed E-state index contributed by atoms with van der Waals surface area (Å²) < 4.78 is 66.6. The minimum absolute atomic E-state index is 0.150. The average molecular weight is 489 g/mol. The van der Waals surface area contributed by atoms with Crippen molar-refractivity contribution in [1.82, 2.24) is 0 Å². The van der Waals surface area contributed by atoms with E-state index in [-0.39, 0.29) is 15.0 Å². The zero-order chi connectivity index (χ0) is 18.2. The minimum Gasteiger partial charge on any atom is -0.478 e. The zero-order valence-corrected chi connectivity index (χ0v) is 15.3. The Bertz CT molecular complexity index is 927. The second-order valence-electron chi connectivity index (χ2n) is 4.42. The van der Waals surface area contributed by atoms with Crippen LogP contribution in [0.5, 0.6) is 0 Å². The smallest absolute Gasteiger partial charge is 0.338 e. The third-order valence-corrected chi connectivity index (χ3v) is 6.00. The maximum atomic E-state index is 13.8. The van der Waals surface area contributed by atoms with Crippen molar-refractivity contribution in [1.29, 1.82) is 0 Å². The summed E-state index contributed by atoms with van der Waals surface area (Å²) in [7, 11) is -4.44. The first kappa shape index (κ1) is 18.7. The number of carboxylic acids is 1. The first-order valence-electron chi connectivity index (χ1n) is 5.92. The molecule has 0 radical (unpaired) electrons. The maximum absolute atomic E-state index is 13.8. The van der Waals surface area contributed by atoms with Crippen molar-refractivity contribution >= 4 is 53.5 Å². The molecule has 0 aliphatic rings. The molecule has 24 heavy (non-hydrogen) atoms. The van der Waals surface area contributed by atoms with Gasteiger partial charge in [-0.2, -0.15) is 0 Å². The van der Waals surface area contributed by atoms with E-state index in [0.717, 1.165) is 12.1 Å². The topological polar surface area (TPSA) is 83.5 Å². The number of carboxylic acid groups (broad SMARTS) is 1. The molecule has 0 unspecified atom stereocenters. The molecule has 0 atom stereocenters. The highest BCUT2D eigenvalue weighted by Crippen LogP contribution is 2.33. The van der Waals surface area contributed by atoms with Crippen LogP contribution in [0.25, 0.3) is 0 Å². The van der Waals surface area contributed by atoms with E-state index >= 15 is 0 Å². The average Bonchev–Trinajstić information content (AvgIpc) is 2.39. The van der Waals surface area contributed by atoms with Gasteiger partial charge in [0.05, 0.1) is 11.3 Å². The number of halogens is 5. The Kier molecular flexibility index (Phi) is 5.25. The van der Waals surface area contributed by atoms with Gasteiger partial charge >= 0.3 is 5.97 Å². The van der Waals surface area contributed by atoms with Crippen molar-refractivity contribution in [2.45, 2.75) is 4.90 Å². The predicted molar refractivity (Wildman–Crippen MR) is 85.9 cm³/mol. The minimum atomic E-state index is -4.44. The van der Waals surface area contributed by atoms with Gasteiger partial charge in [0.25, 0.3) is 10.0 Å². The lowest BCUT2D eigenvalue weighted by atomic mass is 10.2. The number of nitrogens with one attached hydrogen (secondary N) is 1. The summed E-state index contributed by atoms with van der Waals surface area (Å²) in [6, 6.07) is 2.51. The fourth-order valence-corrected chi connectivity index (χ4v) is 5.36.